The van der Waals surface area contributed by atoms with Gasteiger partial charge in [0.15, 0.2) is 5.76 Å². The van der Waals surface area contributed by atoms with Crippen LogP contribution in [0.5, 0.6) is 5.75 Å². The van der Waals surface area contributed by atoms with Crippen molar-refractivity contribution in [1.82, 2.24) is 0 Å². The van der Waals surface area contributed by atoms with Gasteiger partial charge in [-0.15, -0.1) is 0 Å². The molecule has 4 heteroatoms. The highest BCUT2D eigenvalue weighted by molar-refractivity contribution is 5.31. The highest BCUT2D eigenvalue weighted by atomic mass is 16.6. The summed E-state index contributed by atoms with van der Waals surface area (Å²) in [6, 6.07) is 7.18. The Kier molecular flexibility index (Phi) is 3.31. The smallest absolute Gasteiger partial charge is 0.163 e. The summed E-state index contributed by atoms with van der Waals surface area (Å²) >= 11 is 0. The van der Waals surface area contributed by atoms with Gasteiger partial charge in [0.1, 0.15) is 31.3 Å². The van der Waals surface area contributed by atoms with Crippen molar-refractivity contribution < 1.29 is 19.3 Å². The molecule has 1 aromatic rings. The molecule has 0 spiro atoms. The van der Waals surface area contributed by atoms with Gasteiger partial charge in [0, 0.05) is 0 Å². The highest BCUT2D eigenvalue weighted by Gasteiger charge is 2.17. The monoisotopic (exact) mass is 222 g/mol. The minimum Gasteiger partial charge on any atom is -0.497 e. The van der Waals surface area contributed by atoms with Crippen LogP contribution in [0, 0.1) is 0 Å². The lowest BCUT2D eigenvalue weighted by molar-refractivity contribution is 0.0348. The van der Waals surface area contributed by atoms with Crippen molar-refractivity contribution in [2.45, 2.75) is 6.10 Å². The number of aliphatic hydroxyl groups excluding tert-OH is 1. The molecule has 1 N–H and O–H groups in total. The molecule has 0 bridgehead atoms. The van der Waals surface area contributed by atoms with Crippen LogP contribution in [-0.4, -0.2) is 25.4 Å². The number of benzene rings is 1. The Bertz CT molecular complexity index is 369. The number of aliphatic hydroxyl groups is 1. The minimum absolute atomic E-state index is 0.441. The molecule has 0 radical (unpaired) electrons. The van der Waals surface area contributed by atoms with Crippen molar-refractivity contribution in [3.63, 3.8) is 0 Å². The third-order valence-corrected chi connectivity index (χ3v) is 2.37. The lowest BCUT2D eigenvalue weighted by Crippen LogP contribution is -2.13. The van der Waals surface area contributed by atoms with Crippen molar-refractivity contribution in [3.8, 4) is 5.75 Å². The predicted molar refractivity (Wildman–Crippen MR) is 57.9 cm³/mol. The van der Waals surface area contributed by atoms with E-state index in [1.54, 1.807) is 31.4 Å². The average Bonchev–Trinajstić information content (AvgIpc) is 2.39. The summed E-state index contributed by atoms with van der Waals surface area (Å²) < 4.78 is 15.4. The Balaban J connectivity index is 2.13. The number of hydrogen-bond donors (Lipinski definition) is 1. The SMILES string of the molecule is COc1ccc(C(O)C2=COCCO2)cc1. The Morgan fingerprint density at radius 3 is 2.56 bits per heavy atom. The molecular weight excluding hydrogens is 208 g/mol. The molecule has 4 nitrogen and oxygen atoms in total. The van der Waals surface area contributed by atoms with E-state index in [-0.39, 0.29) is 0 Å². The fraction of sp³-hybridized carbons (Fsp3) is 0.333. The van der Waals surface area contributed by atoms with Gasteiger partial charge in [-0.05, 0) is 17.7 Å². The maximum atomic E-state index is 9.99. The van der Waals surface area contributed by atoms with Crippen molar-refractivity contribution >= 4 is 0 Å². The van der Waals surface area contributed by atoms with E-state index < -0.39 is 6.10 Å². The summed E-state index contributed by atoms with van der Waals surface area (Å²) in [4.78, 5) is 0. The zero-order valence-corrected chi connectivity index (χ0v) is 9.05. The lowest BCUT2D eigenvalue weighted by atomic mass is 10.1. The summed E-state index contributed by atoms with van der Waals surface area (Å²) in [5, 5.41) is 9.99. The zero-order valence-electron chi connectivity index (χ0n) is 9.05. The predicted octanol–water partition coefficient (Wildman–Crippen LogP) is 1.62. The second-order valence-corrected chi connectivity index (χ2v) is 3.42. The summed E-state index contributed by atoms with van der Waals surface area (Å²) in [7, 11) is 1.60. The maximum absolute atomic E-state index is 9.99. The van der Waals surface area contributed by atoms with E-state index in [0.717, 1.165) is 11.3 Å². The average molecular weight is 222 g/mol. The summed E-state index contributed by atoms with van der Waals surface area (Å²) in [5.41, 5.74) is 0.748. The van der Waals surface area contributed by atoms with E-state index in [4.69, 9.17) is 14.2 Å². The molecular formula is C12H14O4. The van der Waals surface area contributed by atoms with Crippen LogP contribution in [0.1, 0.15) is 11.7 Å². The van der Waals surface area contributed by atoms with Crippen molar-refractivity contribution in [2.75, 3.05) is 20.3 Å². The Morgan fingerprint density at radius 1 is 1.25 bits per heavy atom. The molecule has 0 aliphatic carbocycles. The van der Waals surface area contributed by atoms with Crippen LogP contribution in [0.2, 0.25) is 0 Å². The third-order valence-electron chi connectivity index (χ3n) is 2.37. The van der Waals surface area contributed by atoms with Gasteiger partial charge in [-0.1, -0.05) is 12.1 Å². The molecule has 1 atom stereocenters. The van der Waals surface area contributed by atoms with E-state index >= 15 is 0 Å². The molecule has 0 saturated heterocycles. The largest absolute Gasteiger partial charge is 0.497 e. The van der Waals surface area contributed by atoms with E-state index in [9.17, 15) is 5.11 Å². The fourth-order valence-electron chi connectivity index (χ4n) is 1.48. The zero-order chi connectivity index (χ0) is 11.4. The molecule has 0 aromatic heterocycles. The van der Waals surface area contributed by atoms with Crippen LogP contribution in [0.25, 0.3) is 0 Å². The number of methoxy groups -OCH3 is 1. The molecule has 1 unspecified atom stereocenters. The molecule has 1 aliphatic heterocycles. The first-order chi connectivity index (χ1) is 7.81. The number of rotatable bonds is 3. The third kappa shape index (κ3) is 2.28. The maximum Gasteiger partial charge on any atom is 0.163 e. The van der Waals surface area contributed by atoms with Gasteiger partial charge in [0.25, 0.3) is 0 Å². The molecule has 0 fully saturated rings. The van der Waals surface area contributed by atoms with Crippen LogP contribution in [0.15, 0.2) is 36.3 Å². The van der Waals surface area contributed by atoms with Crippen LogP contribution >= 0.6 is 0 Å². The first-order valence-electron chi connectivity index (χ1n) is 5.08. The van der Waals surface area contributed by atoms with Crippen LogP contribution in [0.3, 0.4) is 0 Å². The molecule has 0 saturated carbocycles. The molecule has 1 heterocycles. The lowest BCUT2D eigenvalue weighted by Gasteiger charge is -2.20. The fourth-order valence-corrected chi connectivity index (χ4v) is 1.48. The van der Waals surface area contributed by atoms with Crippen LogP contribution in [-0.2, 0) is 9.47 Å². The second-order valence-electron chi connectivity index (χ2n) is 3.42. The topological polar surface area (TPSA) is 47.9 Å². The normalized spacial score (nSPS) is 16.8. The van der Waals surface area contributed by atoms with Gasteiger partial charge in [-0.2, -0.15) is 0 Å². The van der Waals surface area contributed by atoms with E-state index in [1.807, 2.05) is 0 Å². The van der Waals surface area contributed by atoms with E-state index in [2.05, 4.69) is 0 Å². The molecule has 1 aliphatic rings. The highest BCUT2D eigenvalue weighted by Crippen LogP contribution is 2.25. The van der Waals surface area contributed by atoms with Gasteiger partial charge >= 0.3 is 0 Å². The Morgan fingerprint density at radius 2 is 2.00 bits per heavy atom. The summed E-state index contributed by atoms with van der Waals surface area (Å²) in [5.74, 6) is 1.20. The van der Waals surface area contributed by atoms with Gasteiger partial charge in [0.2, 0.25) is 0 Å². The van der Waals surface area contributed by atoms with Crippen LogP contribution < -0.4 is 4.74 Å². The standard InChI is InChI=1S/C12H14O4/c1-14-10-4-2-9(3-5-10)12(13)11-8-15-6-7-16-11/h2-5,8,12-13H,6-7H2,1H3. The molecule has 1 aromatic carbocycles. The quantitative estimate of drug-likeness (QED) is 0.844. The Hall–Kier alpha value is -1.68. The van der Waals surface area contributed by atoms with Crippen molar-refractivity contribution in [3.05, 3.63) is 41.9 Å². The first-order valence-corrected chi connectivity index (χ1v) is 5.08. The van der Waals surface area contributed by atoms with Gasteiger partial charge < -0.3 is 19.3 Å². The molecule has 0 amide bonds. The van der Waals surface area contributed by atoms with Crippen LogP contribution in [0.4, 0.5) is 0 Å². The summed E-state index contributed by atoms with van der Waals surface area (Å²) in [6.45, 7) is 0.998. The van der Waals surface area contributed by atoms with Gasteiger partial charge in [0.05, 0.1) is 7.11 Å². The second kappa shape index (κ2) is 4.90. The molecule has 16 heavy (non-hydrogen) atoms. The molecule has 86 valence electrons. The van der Waals surface area contributed by atoms with Crippen molar-refractivity contribution in [1.29, 1.82) is 0 Å². The van der Waals surface area contributed by atoms with Gasteiger partial charge in [-0.25, -0.2) is 0 Å². The Labute approximate surface area is 94.1 Å². The molecule has 2 rings (SSSR count). The van der Waals surface area contributed by atoms with E-state index in [1.165, 1.54) is 6.26 Å². The minimum atomic E-state index is -0.786. The van der Waals surface area contributed by atoms with Crippen molar-refractivity contribution in [2.24, 2.45) is 0 Å². The van der Waals surface area contributed by atoms with E-state index in [0.29, 0.717) is 19.0 Å². The van der Waals surface area contributed by atoms with Gasteiger partial charge in [-0.3, -0.25) is 0 Å². The summed E-state index contributed by atoms with van der Waals surface area (Å²) in [6.07, 6.45) is 0.671. The first kappa shape index (κ1) is 10.8. The number of hydrogen-bond acceptors (Lipinski definition) is 4. The number of ether oxygens (including phenoxy) is 3.